The lowest BCUT2D eigenvalue weighted by molar-refractivity contribution is -0.116. The van der Waals surface area contributed by atoms with Gasteiger partial charge in [0.15, 0.2) is 0 Å². The van der Waals surface area contributed by atoms with Crippen molar-refractivity contribution in [2.24, 2.45) is 0 Å². The third-order valence-electron chi connectivity index (χ3n) is 3.19. The van der Waals surface area contributed by atoms with Crippen LogP contribution >= 0.6 is 0 Å². The van der Waals surface area contributed by atoms with Crippen LogP contribution in [0.15, 0.2) is 54.6 Å². The minimum Gasteiger partial charge on any atom is -0.434 e. The molecule has 0 aliphatic carbocycles. The van der Waals surface area contributed by atoms with E-state index in [1.807, 2.05) is 0 Å². The maximum atomic E-state index is 12.4. The highest BCUT2D eigenvalue weighted by molar-refractivity contribution is 5.92. The van der Waals surface area contributed by atoms with E-state index >= 15 is 0 Å². The summed E-state index contributed by atoms with van der Waals surface area (Å²) < 4.78 is 58.1. The van der Waals surface area contributed by atoms with E-state index in [0.29, 0.717) is 11.1 Å². The second-order valence-corrected chi connectivity index (χ2v) is 4.95. The van der Waals surface area contributed by atoms with Crippen molar-refractivity contribution < 1.29 is 31.8 Å². The Kier molecular flexibility index (Phi) is 7.02. The molecule has 4 nitrogen and oxygen atoms in total. The molecule has 0 aliphatic rings. The minimum absolute atomic E-state index is 0.0394. The van der Waals surface area contributed by atoms with Gasteiger partial charge in [0.05, 0.1) is 0 Å². The third-order valence-corrected chi connectivity index (χ3v) is 3.19. The van der Waals surface area contributed by atoms with Gasteiger partial charge in [0, 0.05) is 23.7 Å². The molecule has 0 saturated carbocycles. The number of ether oxygens (including phenoxy) is 2. The maximum Gasteiger partial charge on any atom is 0.387 e. The first-order valence-electron chi connectivity index (χ1n) is 7.48. The summed E-state index contributed by atoms with van der Waals surface area (Å²) in [6, 6.07) is 12.0. The smallest absolute Gasteiger partial charge is 0.387 e. The van der Waals surface area contributed by atoms with Crippen LogP contribution in [0.4, 0.5) is 17.6 Å². The van der Waals surface area contributed by atoms with E-state index in [1.165, 1.54) is 42.5 Å². The summed E-state index contributed by atoms with van der Waals surface area (Å²) in [6.45, 7) is -6.00. The van der Waals surface area contributed by atoms with Crippen LogP contribution in [0.2, 0.25) is 0 Å². The van der Waals surface area contributed by atoms with Crippen LogP contribution in [0, 0.1) is 0 Å². The van der Waals surface area contributed by atoms with Crippen LogP contribution in [-0.2, 0) is 11.3 Å². The van der Waals surface area contributed by atoms with E-state index < -0.39 is 19.1 Å². The van der Waals surface area contributed by atoms with E-state index in [9.17, 15) is 22.4 Å². The first-order chi connectivity index (χ1) is 12.5. The molecule has 0 radical (unpaired) electrons. The molecule has 2 aromatic carbocycles. The van der Waals surface area contributed by atoms with Gasteiger partial charge in [-0.2, -0.15) is 17.6 Å². The second-order valence-electron chi connectivity index (χ2n) is 4.95. The number of benzene rings is 2. The fraction of sp³-hybridized carbons (Fsp3) is 0.167. The number of alkyl halides is 4. The number of hydrogen-bond donors (Lipinski definition) is 1. The van der Waals surface area contributed by atoms with Gasteiger partial charge in [-0.25, -0.2) is 0 Å². The molecule has 1 amide bonds. The first-order valence-corrected chi connectivity index (χ1v) is 7.48. The fourth-order valence-corrected chi connectivity index (χ4v) is 2.09. The van der Waals surface area contributed by atoms with E-state index in [0.717, 1.165) is 6.08 Å². The number of nitrogens with one attached hydrogen (secondary N) is 1. The Bertz CT molecular complexity index is 766. The molecule has 0 fully saturated rings. The zero-order chi connectivity index (χ0) is 18.9. The highest BCUT2D eigenvalue weighted by Crippen LogP contribution is 2.22. The molecule has 0 aliphatic heterocycles. The van der Waals surface area contributed by atoms with Gasteiger partial charge in [0.1, 0.15) is 11.5 Å². The Morgan fingerprint density at radius 3 is 2.19 bits per heavy atom. The van der Waals surface area contributed by atoms with Crippen molar-refractivity contribution in [3.63, 3.8) is 0 Å². The van der Waals surface area contributed by atoms with Crippen LogP contribution in [0.25, 0.3) is 6.08 Å². The molecule has 0 heterocycles. The predicted octanol–water partition coefficient (Wildman–Crippen LogP) is 4.22. The quantitative estimate of drug-likeness (QED) is 0.560. The standard InChI is InChI=1S/C18H15F4NO3/c19-17(20)25-14-7-3-1-5-12(14)9-10-16(24)23-11-13-6-2-4-8-15(13)26-18(21)22/h1-10,17-18H,11H2,(H,23,24). The molecule has 2 rings (SSSR count). The van der Waals surface area contributed by atoms with Crippen LogP contribution in [0.1, 0.15) is 11.1 Å². The molecular weight excluding hydrogens is 354 g/mol. The van der Waals surface area contributed by atoms with Crippen molar-refractivity contribution in [2.45, 2.75) is 19.8 Å². The summed E-state index contributed by atoms with van der Waals surface area (Å²) in [7, 11) is 0. The Labute approximate surface area is 147 Å². The molecule has 0 spiro atoms. The van der Waals surface area contributed by atoms with Gasteiger partial charge in [-0.1, -0.05) is 36.4 Å². The lowest BCUT2D eigenvalue weighted by Gasteiger charge is -2.10. The average Bonchev–Trinajstić information content (AvgIpc) is 2.59. The van der Waals surface area contributed by atoms with Crippen LogP contribution in [0.3, 0.4) is 0 Å². The van der Waals surface area contributed by atoms with Crippen molar-refractivity contribution in [3.05, 3.63) is 65.7 Å². The van der Waals surface area contributed by atoms with Crippen LogP contribution in [-0.4, -0.2) is 19.1 Å². The Balaban J connectivity index is 1.99. The lowest BCUT2D eigenvalue weighted by atomic mass is 10.2. The second kappa shape index (κ2) is 9.45. The number of carbonyl (C=O) groups is 1. The van der Waals surface area contributed by atoms with Crippen LogP contribution in [0.5, 0.6) is 11.5 Å². The molecule has 0 unspecified atom stereocenters. The topological polar surface area (TPSA) is 47.6 Å². The van der Waals surface area contributed by atoms with Crippen LogP contribution < -0.4 is 14.8 Å². The molecule has 0 saturated heterocycles. The molecule has 0 bridgehead atoms. The van der Waals surface area contributed by atoms with E-state index in [-0.39, 0.29) is 18.0 Å². The Hall–Kier alpha value is -3.03. The van der Waals surface area contributed by atoms with Gasteiger partial charge in [0.25, 0.3) is 0 Å². The molecule has 0 atom stereocenters. The zero-order valence-electron chi connectivity index (χ0n) is 13.4. The molecule has 138 valence electrons. The summed E-state index contributed by atoms with van der Waals surface area (Å²) in [5.74, 6) is -0.645. The van der Waals surface area contributed by atoms with Gasteiger partial charge < -0.3 is 14.8 Å². The highest BCUT2D eigenvalue weighted by Gasteiger charge is 2.10. The average molecular weight is 369 g/mol. The number of carbonyl (C=O) groups excluding carboxylic acids is 1. The van der Waals surface area contributed by atoms with Crippen molar-refractivity contribution >= 4 is 12.0 Å². The fourth-order valence-electron chi connectivity index (χ4n) is 2.09. The van der Waals surface area contributed by atoms with Gasteiger partial charge in [-0.3, -0.25) is 4.79 Å². The minimum atomic E-state index is -2.98. The number of rotatable bonds is 8. The van der Waals surface area contributed by atoms with E-state index in [4.69, 9.17) is 0 Å². The number of amides is 1. The summed E-state index contributed by atoms with van der Waals surface area (Å²) >= 11 is 0. The van der Waals surface area contributed by atoms with E-state index in [1.54, 1.807) is 12.1 Å². The Morgan fingerprint density at radius 1 is 0.923 bits per heavy atom. The summed E-state index contributed by atoms with van der Waals surface area (Å²) in [5.41, 5.74) is 0.667. The first kappa shape index (κ1) is 19.3. The van der Waals surface area contributed by atoms with Crippen molar-refractivity contribution in [1.29, 1.82) is 0 Å². The predicted molar refractivity (Wildman–Crippen MR) is 87.0 cm³/mol. The van der Waals surface area contributed by atoms with Gasteiger partial charge in [-0.05, 0) is 18.2 Å². The van der Waals surface area contributed by atoms with Gasteiger partial charge in [0.2, 0.25) is 5.91 Å². The zero-order valence-corrected chi connectivity index (χ0v) is 13.4. The van der Waals surface area contributed by atoms with Gasteiger partial charge in [-0.15, -0.1) is 0 Å². The Morgan fingerprint density at radius 2 is 1.50 bits per heavy atom. The maximum absolute atomic E-state index is 12.4. The summed E-state index contributed by atoms with van der Waals surface area (Å²) in [6.07, 6.45) is 2.44. The van der Waals surface area contributed by atoms with Crippen molar-refractivity contribution in [2.75, 3.05) is 0 Å². The number of para-hydroxylation sites is 2. The summed E-state index contributed by atoms with van der Waals surface area (Å²) in [5, 5.41) is 2.50. The number of halogens is 4. The largest absolute Gasteiger partial charge is 0.434 e. The molecule has 26 heavy (non-hydrogen) atoms. The van der Waals surface area contributed by atoms with E-state index in [2.05, 4.69) is 14.8 Å². The lowest BCUT2D eigenvalue weighted by Crippen LogP contribution is -2.21. The molecular formula is C18H15F4NO3. The normalized spacial score (nSPS) is 11.2. The monoisotopic (exact) mass is 369 g/mol. The SMILES string of the molecule is O=C(C=Cc1ccccc1OC(F)F)NCc1ccccc1OC(F)F. The van der Waals surface area contributed by atoms with Crippen molar-refractivity contribution in [3.8, 4) is 11.5 Å². The molecule has 1 N–H and O–H groups in total. The highest BCUT2D eigenvalue weighted by atomic mass is 19.3. The van der Waals surface area contributed by atoms with Crippen molar-refractivity contribution in [1.82, 2.24) is 5.32 Å². The summed E-state index contributed by atoms with van der Waals surface area (Å²) in [4.78, 5) is 11.9. The molecule has 0 aromatic heterocycles. The third kappa shape index (κ3) is 6.12. The molecule has 2 aromatic rings. The number of hydrogen-bond acceptors (Lipinski definition) is 3. The molecule has 8 heteroatoms. The van der Waals surface area contributed by atoms with Gasteiger partial charge >= 0.3 is 13.2 Å².